The highest BCUT2D eigenvalue weighted by molar-refractivity contribution is 5.78. The number of aliphatic hydroxyl groups excluding tert-OH is 1. The van der Waals surface area contributed by atoms with Crippen molar-refractivity contribution in [1.82, 2.24) is 4.98 Å². The molecule has 2 aromatic heterocycles. The summed E-state index contributed by atoms with van der Waals surface area (Å²) in [6, 6.07) is 9.96. The van der Waals surface area contributed by atoms with E-state index in [4.69, 9.17) is 4.42 Å². The summed E-state index contributed by atoms with van der Waals surface area (Å²) >= 11 is 0. The smallest absolute Gasteiger partial charge is 0.170 e. The van der Waals surface area contributed by atoms with Crippen molar-refractivity contribution < 1.29 is 13.9 Å². The Hall–Kier alpha value is -2.20. The summed E-state index contributed by atoms with van der Waals surface area (Å²) in [5, 5.41) is 10.9. The summed E-state index contributed by atoms with van der Waals surface area (Å²) in [5.74, 6) is -0.143. The van der Waals surface area contributed by atoms with Crippen LogP contribution >= 0.6 is 0 Å². The second kappa shape index (κ2) is 4.48. The first-order valence-electron chi connectivity index (χ1n) is 5.94. The Balaban J connectivity index is 2.10. The van der Waals surface area contributed by atoms with E-state index in [2.05, 4.69) is 4.98 Å². The lowest BCUT2D eigenvalue weighted by atomic mass is 10.1. The molecule has 0 amide bonds. The summed E-state index contributed by atoms with van der Waals surface area (Å²) in [6.07, 6.45) is 0.613. The van der Waals surface area contributed by atoms with E-state index in [1.54, 1.807) is 30.5 Å². The van der Waals surface area contributed by atoms with Crippen molar-refractivity contribution >= 4 is 11.0 Å². The van der Waals surface area contributed by atoms with Crippen molar-refractivity contribution in [2.45, 2.75) is 13.0 Å². The molecule has 1 N–H and O–H groups in total. The van der Waals surface area contributed by atoms with Crippen LogP contribution in [-0.4, -0.2) is 10.1 Å². The Bertz CT molecular complexity index is 736. The molecule has 0 aliphatic carbocycles. The first-order chi connectivity index (χ1) is 9.16. The Kier molecular flexibility index (Phi) is 2.80. The number of rotatable bonds is 2. The molecule has 3 nitrogen and oxygen atoms in total. The van der Waals surface area contributed by atoms with Crippen LogP contribution in [-0.2, 0) is 0 Å². The Morgan fingerprint density at radius 1 is 1.26 bits per heavy atom. The van der Waals surface area contributed by atoms with E-state index in [1.807, 2.05) is 13.0 Å². The largest absolute Gasteiger partial charge is 0.455 e. The summed E-state index contributed by atoms with van der Waals surface area (Å²) in [7, 11) is 0. The van der Waals surface area contributed by atoms with E-state index < -0.39 is 11.9 Å². The zero-order valence-electron chi connectivity index (χ0n) is 10.3. The molecule has 3 aromatic rings. The van der Waals surface area contributed by atoms with Crippen molar-refractivity contribution in [3.63, 3.8) is 0 Å². The van der Waals surface area contributed by atoms with Gasteiger partial charge in [0.05, 0.1) is 5.69 Å². The summed E-state index contributed by atoms with van der Waals surface area (Å²) in [6.45, 7) is 1.86. The second-order valence-electron chi connectivity index (χ2n) is 4.42. The molecule has 0 spiro atoms. The van der Waals surface area contributed by atoms with Crippen molar-refractivity contribution in [2.75, 3.05) is 0 Å². The number of para-hydroxylation sites is 1. The van der Waals surface area contributed by atoms with E-state index in [1.165, 1.54) is 6.07 Å². The molecule has 3 rings (SSSR count). The molecule has 1 unspecified atom stereocenters. The maximum Gasteiger partial charge on any atom is 0.170 e. The predicted molar refractivity (Wildman–Crippen MR) is 69.2 cm³/mol. The molecule has 19 heavy (non-hydrogen) atoms. The number of hydrogen-bond donors (Lipinski definition) is 1. The van der Waals surface area contributed by atoms with Gasteiger partial charge in [-0.25, -0.2) is 4.39 Å². The van der Waals surface area contributed by atoms with Crippen molar-refractivity contribution in [3.8, 4) is 0 Å². The van der Waals surface area contributed by atoms with Crippen molar-refractivity contribution in [1.29, 1.82) is 0 Å². The van der Waals surface area contributed by atoms with Crippen LogP contribution in [0.3, 0.4) is 0 Å². The molecule has 1 aromatic carbocycles. The predicted octanol–water partition coefficient (Wildman–Crippen LogP) is 3.36. The van der Waals surface area contributed by atoms with Gasteiger partial charge in [0.1, 0.15) is 5.76 Å². The number of aromatic nitrogens is 1. The maximum atomic E-state index is 13.6. The molecule has 0 saturated heterocycles. The molecule has 4 heteroatoms. The third kappa shape index (κ3) is 2.00. The Labute approximate surface area is 109 Å². The number of aliphatic hydroxyl groups is 1. The van der Waals surface area contributed by atoms with Gasteiger partial charge in [-0.05, 0) is 30.7 Å². The van der Waals surface area contributed by atoms with Crippen LogP contribution in [0.2, 0.25) is 0 Å². The lowest BCUT2D eigenvalue weighted by Gasteiger charge is -2.09. The number of hydrogen-bond acceptors (Lipinski definition) is 3. The molecule has 0 radical (unpaired) electrons. The molecule has 0 aliphatic heterocycles. The molecule has 0 aliphatic rings. The van der Waals surface area contributed by atoms with Gasteiger partial charge in [0, 0.05) is 11.6 Å². The Morgan fingerprint density at radius 3 is 2.84 bits per heavy atom. The zero-order valence-corrected chi connectivity index (χ0v) is 10.3. The summed E-state index contributed by atoms with van der Waals surface area (Å²) in [5.41, 5.74) is 1.53. The molecule has 0 saturated carbocycles. The lowest BCUT2D eigenvalue weighted by Crippen LogP contribution is -2.03. The van der Waals surface area contributed by atoms with E-state index in [-0.39, 0.29) is 5.58 Å². The number of fused-ring (bicyclic) bond motifs is 1. The topological polar surface area (TPSA) is 46.3 Å². The highest BCUT2D eigenvalue weighted by atomic mass is 19.1. The number of aryl methyl sites for hydroxylation is 1. The van der Waals surface area contributed by atoms with Crippen LogP contribution in [0.4, 0.5) is 4.39 Å². The van der Waals surface area contributed by atoms with Crippen LogP contribution in [0.25, 0.3) is 11.0 Å². The SMILES string of the molecule is Cc1cccnc1C(O)c1cc2cccc(F)c2o1. The summed E-state index contributed by atoms with van der Waals surface area (Å²) in [4.78, 5) is 4.14. The highest BCUT2D eigenvalue weighted by Gasteiger charge is 2.19. The van der Waals surface area contributed by atoms with E-state index >= 15 is 0 Å². The van der Waals surface area contributed by atoms with Gasteiger partial charge in [0.25, 0.3) is 0 Å². The molecule has 96 valence electrons. The van der Waals surface area contributed by atoms with Crippen LogP contribution in [0.1, 0.15) is 23.1 Å². The number of nitrogens with zero attached hydrogens (tertiary/aromatic N) is 1. The van der Waals surface area contributed by atoms with E-state index in [0.717, 1.165) is 5.56 Å². The third-order valence-corrected chi connectivity index (χ3v) is 3.09. The van der Waals surface area contributed by atoms with Crippen molar-refractivity contribution in [3.05, 3.63) is 65.4 Å². The molecular formula is C15H12FNO2. The highest BCUT2D eigenvalue weighted by Crippen LogP contribution is 2.29. The minimum absolute atomic E-state index is 0.158. The number of benzene rings is 1. The monoisotopic (exact) mass is 257 g/mol. The van der Waals surface area contributed by atoms with Gasteiger partial charge in [-0.3, -0.25) is 4.98 Å². The van der Waals surface area contributed by atoms with Gasteiger partial charge in [-0.2, -0.15) is 0 Å². The van der Waals surface area contributed by atoms with Crippen LogP contribution < -0.4 is 0 Å². The van der Waals surface area contributed by atoms with E-state index in [9.17, 15) is 9.50 Å². The van der Waals surface area contributed by atoms with Crippen LogP contribution in [0.15, 0.2) is 47.0 Å². The van der Waals surface area contributed by atoms with Gasteiger partial charge >= 0.3 is 0 Å². The lowest BCUT2D eigenvalue weighted by molar-refractivity contribution is 0.186. The van der Waals surface area contributed by atoms with Gasteiger partial charge < -0.3 is 9.52 Å². The number of halogens is 1. The molecule has 1 atom stereocenters. The van der Waals surface area contributed by atoms with Crippen LogP contribution in [0.5, 0.6) is 0 Å². The summed E-state index contributed by atoms with van der Waals surface area (Å²) < 4.78 is 19.0. The van der Waals surface area contributed by atoms with Crippen molar-refractivity contribution in [2.24, 2.45) is 0 Å². The molecule has 0 bridgehead atoms. The first-order valence-corrected chi connectivity index (χ1v) is 5.94. The zero-order chi connectivity index (χ0) is 13.4. The molecular weight excluding hydrogens is 245 g/mol. The average Bonchev–Trinajstić information content (AvgIpc) is 2.84. The van der Waals surface area contributed by atoms with Crippen LogP contribution in [0, 0.1) is 12.7 Å². The van der Waals surface area contributed by atoms with E-state index in [0.29, 0.717) is 16.8 Å². The van der Waals surface area contributed by atoms with Gasteiger partial charge in [0.2, 0.25) is 0 Å². The second-order valence-corrected chi connectivity index (χ2v) is 4.42. The minimum atomic E-state index is -0.993. The first kappa shape index (κ1) is 11.9. The third-order valence-electron chi connectivity index (χ3n) is 3.09. The molecule has 0 fully saturated rings. The van der Waals surface area contributed by atoms with Gasteiger partial charge in [-0.15, -0.1) is 0 Å². The Morgan fingerprint density at radius 2 is 2.11 bits per heavy atom. The fraction of sp³-hybridized carbons (Fsp3) is 0.133. The molecule has 2 heterocycles. The standard InChI is InChI=1S/C15H12FNO2/c1-9-4-3-7-17-13(9)14(18)12-8-10-5-2-6-11(16)15(10)19-12/h2-8,14,18H,1H3. The van der Waals surface area contributed by atoms with Gasteiger partial charge in [0.15, 0.2) is 17.5 Å². The number of pyridine rings is 1. The fourth-order valence-electron chi connectivity index (χ4n) is 2.10. The minimum Gasteiger partial charge on any atom is -0.455 e. The average molecular weight is 257 g/mol. The van der Waals surface area contributed by atoms with Gasteiger partial charge in [-0.1, -0.05) is 18.2 Å². The fourth-order valence-corrected chi connectivity index (χ4v) is 2.10. The quantitative estimate of drug-likeness (QED) is 0.765. The maximum absolute atomic E-state index is 13.6. The number of furan rings is 1. The normalized spacial score (nSPS) is 12.8.